The van der Waals surface area contributed by atoms with Gasteiger partial charge < -0.3 is 15.2 Å². The van der Waals surface area contributed by atoms with Gasteiger partial charge in [0.2, 0.25) is 0 Å². The van der Waals surface area contributed by atoms with E-state index in [0.29, 0.717) is 36.3 Å². The van der Waals surface area contributed by atoms with Crippen molar-refractivity contribution in [2.75, 3.05) is 32.3 Å². The Hall–Kier alpha value is -3.39. The van der Waals surface area contributed by atoms with Crippen molar-refractivity contribution in [1.29, 1.82) is 0 Å². The van der Waals surface area contributed by atoms with Crippen molar-refractivity contribution < 1.29 is 19.4 Å². The predicted octanol–water partition coefficient (Wildman–Crippen LogP) is 8.82. The lowest BCUT2D eigenvalue weighted by Gasteiger charge is -2.24. The van der Waals surface area contributed by atoms with Crippen LogP contribution in [0.15, 0.2) is 84.4 Å². The second-order valence-corrected chi connectivity index (χ2v) is 13.9. The molecule has 260 valence electrons. The van der Waals surface area contributed by atoms with Crippen LogP contribution in [0.25, 0.3) is 11.1 Å². The molecular weight excluding hydrogens is 617 g/mol. The van der Waals surface area contributed by atoms with Crippen molar-refractivity contribution in [1.82, 2.24) is 10.2 Å². The molecule has 1 amide bonds. The normalized spacial score (nSPS) is 17.0. The van der Waals surface area contributed by atoms with Gasteiger partial charge >= 0.3 is 5.97 Å². The Morgan fingerprint density at radius 3 is 2.42 bits per heavy atom. The van der Waals surface area contributed by atoms with Crippen molar-refractivity contribution in [2.24, 2.45) is 5.92 Å². The topological polar surface area (TPSA) is 78.9 Å². The lowest BCUT2D eigenvalue weighted by atomic mass is 9.93. The van der Waals surface area contributed by atoms with Gasteiger partial charge in [-0.2, -0.15) is 11.8 Å². The molecule has 4 rings (SSSR count). The Labute approximate surface area is 293 Å². The SMILES string of the molecule is CC/C=C(\C)CCC.COC[C@@H]1CC(Cc2ccccc2)CN1Cc1ccc(C(=O)NC(CCSC)C(=O)O)c(-c2ccccc2C)c1. The van der Waals surface area contributed by atoms with Gasteiger partial charge in [0.1, 0.15) is 6.04 Å². The van der Waals surface area contributed by atoms with E-state index in [2.05, 4.69) is 73.5 Å². The molecule has 0 spiro atoms. The van der Waals surface area contributed by atoms with E-state index < -0.39 is 12.0 Å². The molecule has 2 N–H and O–H groups in total. The van der Waals surface area contributed by atoms with Gasteiger partial charge in [-0.25, -0.2) is 4.79 Å². The number of methoxy groups -OCH3 is 1. The second kappa shape index (κ2) is 20.9. The molecule has 1 aliphatic rings. The molecule has 1 saturated heterocycles. The summed E-state index contributed by atoms with van der Waals surface area (Å²) >= 11 is 1.56. The maximum atomic E-state index is 13.4. The number of hydrogen-bond acceptors (Lipinski definition) is 5. The number of likely N-dealkylation sites (tertiary alicyclic amines) is 1. The number of aliphatic carboxylic acids is 1. The highest BCUT2D eigenvalue weighted by molar-refractivity contribution is 7.98. The van der Waals surface area contributed by atoms with Crippen LogP contribution >= 0.6 is 11.8 Å². The molecule has 6 nitrogen and oxygen atoms in total. The van der Waals surface area contributed by atoms with Crippen molar-refractivity contribution in [3.8, 4) is 11.1 Å². The molecule has 1 heterocycles. The summed E-state index contributed by atoms with van der Waals surface area (Å²) in [4.78, 5) is 27.7. The smallest absolute Gasteiger partial charge is 0.326 e. The number of benzene rings is 3. The van der Waals surface area contributed by atoms with E-state index in [1.807, 2.05) is 49.6 Å². The number of allylic oxidation sites excluding steroid dienone is 2. The Balaban J connectivity index is 0.000000694. The number of hydrogen-bond donors (Lipinski definition) is 2. The summed E-state index contributed by atoms with van der Waals surface area (Å²) in [7, 11) is 1.76. The van der Waals surface area contributed by atoms with E-state index >= 15 is 0 Å². The molecule has 3 atom stereocenters. The second-order valence-electron chi connectivity index (χ2n) is 12.9. The number of nitrogens with zero attached hydrogens (tertiary/aromatic N) is 1. The summed E-state index contributed by atoms with van der Waals surface area (Å²) < 4.78 is 5.59. The Bertz CT molecular complexity index is 1460. The highest BCUT2D eigenvalue weighted by Crippen LogP contribution is 2.32. The molecule has 0 bridgehead atoms. The minimum Gasteiger partial charge on any atom is -0.480 e. The molecule has 0 aliphatic carbocycles. The Morgan fingerprint density at radius 1 is 1.04 bits per heavy atom. The van der Waals surface area contributed by atoms with E-state index in [-0.39, 0.29) is 5.91 Å². The van der Waals surface area contributed by atoms with Crippen LogP contribution < -0.4 is 5.32 Å². The van der Waals surface area contributed by atoms with E-state index in [9.17, 15) is 14.7 Å². The Morgan fingerprint density at radius 2 is 1.77 bits per heavy atom. The first-order valence-electron chi connectivity index (χ1n) is 17.3. The molecule has 1 aliphatic heterocycles. The van der Waals surface area contributed by atoms with Gasteiger partial charge in [-0.15, -0.1) is 0 Å². The van der Waals surface area contributed by atoms with Crippen molar-refractivity contribution in [3.05, 3.63) is 107 Å². The zero-order chi connectivity index (χ0) is 34.9. The van der Waals surface area contributed by atoms with Crippen LogP contribution in [-0.2, 0) is 22.5 Å². The molecule has 0 saturated carbocycles. The van der Waals surface area contributed by atoms with Crippen molar-refractivity contribution in [2.45, 2.75) is 84.8 Å². The average Bonchev–Trinajstić information content (AvgIpc) is 3.44. The van der Waals surface area contributed by atoms with Crippen LogP contribution in [0.2, 0.25) is 0 Å². The molecule has 48 heavy (non-hydrogen) atoms. The number of aryl methyl sites for hydroxylation is 1. The number of carboxylic acid groups (broad SMARTS) is 1. The zero-order valence-electron chi connectivity index (χ0n) is 29.8. The number of carbonyl (C=O) groups excluding carboxylic acids is 1. The summed E-state index contributed by atoms with van der Waals surface area (Å²) in [6.45, 7) is 11.1. The number of thioether (sulfide) groups is 1. The lowest BCUT2D eigenvalue weighted by Crippen LogP contribution is -2.41. The molecule has 0 aromatic heterocycles. The fraction of sp³-hybridized carbons (Fsp3) is 0.463. The number of carboxylic acids is 1. The van der Waals surface area contributed by atoms with Crippen LogP contribution in [0.3, 0.4) is 0 Å². The first-order valence-corrected chi connectivity index (χ1v) is 18.7. The van der Waals surface area contributed by atoms with Gasteiger partial charge in [-0.3, -0.25) is 9.69 Å². The molecule has 1 fully saturated rings. The van der Waals surface area contributed by atoms with Crippen LogP contribution in [0, 0.1) is 12.8 Å². The van der Waals surface area contributed by atoms with E-state index in [1.54, 1.807) is 18.9 Å². The third-order valence-electron chi connectivity index (χ3n) is 8.90. The fourth-order valence-electron chi connectivity index (χ4n) is 6.54. The zero-order valence-corrected chi connectivity index (χ0v) is 30.7. The first kappa shape index (κ1) is 39.1. The minimum absolute atomic E-state index is 0.330. The summed E-state index contributed by atoms with van der Waals surface area (Å²) in [6, 6.07) is 24.0. The summed E-state index contributed by atoms with van der Waals surface area (Å²) in [6.07, 6.45) is 10.5. The number of amides is 1. The number of nitrogens with one attached hydrogen (secondary N) is 1. The third kappa shape index (κ3) is 12.2. The van der Waals surface area contributed by atoms with Crippen LogP contribution in [-0.4, -0.2) is 66.2 Å². The lowest BCUT2D eigenvalue weighted by molar-refractivity contribution is -0.139. The Kier molecular flexibility index (Phi) is 17.0. The highest BCUT2D eigenvalue weighted by Gasteiger charge is 2.32. The van der Waals surface area contributed by atoms with Gasteiger partial charge in [0, 0.05) is 31.8 Å². The standard InChI is InChI=1S/C33H40N2O4S.C8H16/c1-23-9-7-8-12-28(23)30-19-25(13-14-29(30)32(36)34-31(33(37)38)15-16-40-3)20-35-21-26(18-27(35)22-39-2)17-24-10-5-4-6-11-24;1-4-6-8(3)7-5-2/h4-14,19,26-27,31H,15-18,20-22H2,1-3H3,(H,34,36)(H,37,38);6H,4-5,7H2,1-3H3/b;8-6+/t26?,27-,31?;/m0./s1. The summed E-state index contributed by atoms with van der Waals surface area (Å²) in [5.41, 5.74) is 7.37. The van der Waals surface area contributed by atoms with Gasteiger partial charge in [0.05, 0.1) is 6.61 Å². The third-order valence-corrected chi connectivity index (χ3v) is 9.55. The van der Waals surface area contributed by atoms with Gasteiger partial charge in [-0.1, -0.05) is 92.6 Å². The van der Waals surface area contributed by atoms with Crippen LogP contribution in [0.5, 0.6) is 0 Å². The molecule has 0 radical (unpaired) electrons. The number of rotatable bonds is 16. The molecule has 7 heteroatoms. The average molecular weight is 673 g/mol. The van der Waals surface area contributed by atoms with Gasteiger partial charge in [-0.05, 0) is 104 Å². The van der Waals surface area contributed by atoms with E-state index in [4.69, 9.17) is 4.74 Å². The summed E-state index contributed by atoms with van der Waals surface area (Å²) in [5.74, 6) is -0.165. The quantitative estimate of drug-likeness (QED) is 0.148. The highest BCUT2D eigenvalue weighted by atomic mass is 32.2. The van der Waals surface area contributed by atoms with Crippen LogP contribution in [0.4, 0.5) is 0 Å². The minimum atomic E-state index is -1.01. The monoisotopic (exact) mass is 672 g/mol. The van der Waals surface area contributed by atoms with Crippen molar-refractivity contribution in [3.63, 3.8) is 0 Å². The van der Waals surface area contributed by atoms with Gasteiger partial charge in [0.15, 0.2) is 0 Å². The van der Waals surface area contributed by atoms with Crippen molar-refractivity contribution >= 4 is 23.6 Å². The van der Waals surface area contributed by atoms with E-state index in [1.165, 1.54) is 30.4 Å². The number of ether oxygens (including phenoxy) is 1. The van der Waals surface area contributed by atoms with Crippen LogP contribution in [0.1, 0.15) is 79.9 Å². The molecule has 2 unspecified atom stereocenters. The maximum Gasteiger partial charge on any atom is 0.326 e. The maximum absolute atomic E-state index is 13.4. The fourth-order valence-corrected chi connectivity index (χ4v) is 7.01. The first-order chi connectivity index (χ1) is 23.2. The molecule has 3 aromatic carbocycles. The molecule has 3 aromatic rings. The van der Waals surface area contributed by atoms with Gasteiger partial charge in [0.25, 0.3) is 5.91 Å². The number of carbonyl (C=O) groups is 2. The molecular formula is C41H56N2O4S. The largest absolute Gasteiger partial charge is 0.480 e. The predicted molar refractivity (Wildman–Crippen MR) is 202 cm³/mol. The summed E-state index contributed by atoms with van der Waals surface area (Å²) in [5, 5.41) is 12.4. The van der Waals surface area contributed by atoms with E-state index in [0.717, 1.165) is 48.2 Å².